The molecule has 0 bridgehead atoms. The van der Waals surface area contributed by atoms with E-state index in [9.17, 15) is 13.2 Å². The molecule has 1 aromatic rings. The molecule has 3 rings (SSSR count). The number of ether oxygens (including phenoxy) is 1. The lowest BCUT2D eigenvalue weighted by atomic mass is 9.95. The van der Waals surface area contributed by atoms with Crippen molar-refractivity contribution in [2.75, 3.05) is 6.54 Å². The average molecular weight is 256 g/mol. The molecule has 0 aromatic carbocycles. The van der Waals surface area contributed by atoms with Gasteiger partial charge in [-0.3, -0.25) is 9.98 Å². The van der Waals surface area contributed by atoms with Gasteiger partial charge in [-0.1, -0.05) is 6.92 Å². The van der Waals surface area contributed by atoms with Crippen molar-refractivity contribution in [3.63, 3.8) is 0 Å². The second kappa shape index (κ2) is 3.70. The molecule has 0 N–H and O–H groups in total. The summed E-state index contributed by atoms with van der Waals surface area (Å²) in [5, 5.41) is 0. The van der Waals surface area contributed by atoms with Crippen LogP contribution in [0.25, 0.3) is 0 Å². The van der Waals surface area contributed by atoms with Crippen LogP contribution in [0, 0.1) is 5.92 Å². The summed E-state index contributed by atoms with van der Waals surface area (Å²) in [6.45, 7) is 2.74. The zero-order chi connectivity index (χ0) is 12.9. The van der Waals surface area contributed by atoms with Gasteiger partial charge < -0.3 is 4.74 Å². The molecule has 0 radical (unpaired) electrons. The monoisotopic (exact) mass is 256 g/mol. The Morgan fingerprint density at radius 3 is 2.89 bits per heavy atom. The van der Waals surface area contributed by atoms with Crippen LogP contribution in [-0.2, 0) is 6.18 Å². The van der Waals surface area contributed by atoms with Gasteiger partial charge in [0.05, 0.1) is 11.3 Å². The van der Waals surface area contributed by atoms with Gasteiger partial charge in [-0.2, -0.15) is 13.2 Å². The molecule has 0 saturated carbocycles. The van der Waals surface area contributed by atoms with Gasteiger partial charge in [-0.25, -0.2) is 0 Å². The summed E-state index contributed by atoms with van der Waals surface area (Å²) >= 11 is 0. The molecule has 0 unspecified atom stereocenters. The number of alkyl halides is 3. The van der Waals surface area contributed by atoms with E-state index in [1.807, 2.05) is 6.92 Å². The van der Waals surface area contributed by atoms with Gasteiger partial charge in [0.15, 0.2) is 0 Å². The van der Waals surface area contributed by atoms with E-state index in [1.165, 1.54) is 6.20 Å². The molecule has 0 aliphatic carbocycles. The van der Waals surface area contributed by atoms with Crippen LogP contribution in [0.4, 0.5) is 13.2 Å². The van der Waals surface area contributed by atoms with Gasteiger partial charge in [-0.05, 0) is 12.3 Å². The predicted octanol–water partition coefficient (Wildman–Crippen LogP) is 2.69. The first-order valence-corrected chi connectivity index (χ1v) is 5.74. The number of fused-ring (bicyclic) bond motifs is 3. The summed E-state index contributed by atoms with van der Waals surface area (Å²) in [5.74, 6) is 0.637. The molecule has 1 aromatic heterocycles. The van der Waals surface area contributed by atoms with Gasteiger partial charge in [0.2, 0.25) is 0 Å². The first-order chi connectivity index (χ1) is 8.45. The normalized spacial score (nSPS) is 26.1. The zero-order valence-electron chi connectivity index (χ0n) is 9.66. The molecular weight excluding hydrogens is 245 g/mol. The highest BCUT2D eigenvalue weighted by Gasteiger charge is 2.38. The summed E-state index contributed by atoms with van der Waals surface area (Å²) in [5.41, 5.74) is 0.415. The van der Waals surface area contributed by atoms with Crippen molar-refractivity contribution in [1.29, 1.82) is 0 Å². The SMILES string of the molecule is C[C@H]1CN=C2c3cnc(C(F)(F)F)cc3O[C@H]2C1. The van der Waals surface area contributed by atoms with Crippen LogP contribution >= 0.6 is 0 Å². The van der Waals surface area contributed by atoms with E-state index in [0.717, 1.165) is 18.2 Å². The van der Waals surface area contributed by atoms with E-state index in [1.54, 1.807) is 0 Å². The van der Waals surface area contributed by atoms with Gasteiger partial charge in [0.1, 0.15) is 17.5 Å². The van der Waals surface area contributed by atoms with E-state index in [-0.39, 0.29) is 11.9 Å². The van der Waals surface area contributed by atoms with Crippen LogP contribution in [0.15, 0.2) is 17.3 Å². The fraction of sp³-hybridized carbons (Fsp3) is 0.500. The lowest BCUT2D eigenvalue weighted by Gasteiger charge is -2.20. The first-order valence-electron chi connectivity index (χ1n) is 5.74. The molecule has 0 spiro atoms. The molecule has 0 fully saturated rings. The highest BCUT2D eigenvalue weighted by molar-refractivity contribution is 6.08. The van der Waals surface area contributed by atoms with Gasteiger partial charge in [0.25, 0.3) is 0 Å². The maximum Gasteiger partial charge on any atom is 0.433 e. The molecule has 18 heavy (non-hydrogen) atoms. The Hall–Kier alpha value is -1.59. The van der Waals surface area contributed by atoms with Gasteiger partial charge in [0, 0.05) is 18.8 Å². The number of rotatable bonds is 0. The molecule has 0 amide bonds. The highest BCUT2D eigenvalue weighted by atomic mass is 19.4. The minimum Gasteiger partial charge on any atom is -0.483 e. The quantitative estimate of drug-likeness (QED) is 0.715. The second-order valence-electron chi connectivity index (χ2n) is 4.74. The van der Waals surface area contributed by atoms with Crippen molar-refractivity contribution in [2.24, 2.45) is 10.9 Å². The fourth-order valence-corrected chi connectivity index (χ4v) is 2.31. The third kappa shape index (κ3) is 1.76. The lowest BCUT2D eigenvalue weighted by Crippen LogP contribution is -2.29. The van der Waals surface area contributed by atoms with Crippen molar-refractivity contribution < 1.29 is 17.9 Å². The highest BCUT2D eigenvalue weighted by Crippen LogP contribution is 2.37. The van der Waals surface area contributed by atoms with Crippen LogP contribution in [0.1, 0.15) is 24.6 Å². The van der Waals surface area contributed by atoms with Crippen LogP contribution in [0.2, 0.25) is 0 Å². The Morgan fingerprint density at radius 2 is 2.17 bits per heavy atom. The maximum absolute atomic E-state index is 12.5. The van der Waals surface area contributed by atoms with Crippen molar-refractivity contribution in [2.45, 2.75) is 25.6 Å². The second-order valence-corrected chi connectivity index (χ2v) is 4.74. The third-order valence-electron chi connectivity index (χ3n) is 3.20. The molecule has 6 heteroatoms. The minimum atomic E-state index is -4.44. The predicted molar refractivity (Wildman–Crippen MR) is 58.8 cm³/mol. The Kier molecular flexibility index (Phi) is 2.36. The molecule has 2 aliphatic rings. The summed E-state index contributed by atoms with van der Waals surface area (Å²) in [7, 11) is 0. The molecular formula is C12H11F3N2O. The summed E-state index contributed by atoms with van der Waals surface area (Å²) in [6.07, 6.45) is -2.66. The van der Waals surface area contributed by atoms with Crippen LogP contribution in [-0.4, -0.2) is 23.3 Å². The number of aliphatic imine (C=N–C) groups is 1. The van der Waals surface area contributed by atoms with E-state index in [4.69, 9.17) is 4.74 Å². The number of hydrogen-bond donors (Lipinski definition) is 0. The van der Waals surface area contributed by atoms with Crippen LogP contribution < -0.4 is 4.74 Å². The molecule has 0 saturated heterocycles. The van der Waals surface area contributed by atoms with E-state index >= 15 is 0 Å². The van der Waals surface area contributed by atoms with E-state index in [2.05, 4.69) is 9.98 Å². The fourth-order valence-electron chi connectivity index (χ4n) is 2.31. The number of aromatic nitrogens is 1. The van der Waals surface area contributed by atoms with E-state index < -0.39 is 11.9 Å². The molecule has 3 heterocycles. The van der Waals surface area contributed by atoms with Crippen molar-refractivity contribution in [3.05, 3.63) is 23.5 Å². The molecule has 2 aliphatic heterocycles. The Morgan fingerprint density at radius 1 is 1.39 bits per heavy atom. The van der Waals surface area contributed by atoms with Crippen molar-refractivity contribution >= 4 is 5.71 Å². The minimum absolute atomic E-state index is 0.214. The molecule has 96 valence electrons. The van der Waals surface area contributed by atoms with E-state index in [0.29, 0.717) is 18.0 Å². The molecule has 2 atom stereocenters. The lowest BCUT2D eigenvalue weighted by molar-refractivity contribution is -0.141. The average Bonchev–Trinajstić information content (AvgIpc) is 2.63. The van der Waals surface area contributed by atoms with Crippen molar-refractivity contribution in [3.8, 4) is 5.75 Å². The Balaban J connectivity index is 2.00. The number of nitrogens with zero attached hydrogens (tertiary/aromatic N) is 2. The largest absolute Gasteiger partial charge is 0.483 e. The zero-order valence-corrected chi connectivity index (χ0v) is 9.66. The number of halogens is 3. The first kappa shape index (κ1) is 11.5. The third-order valence-corrected chi connectivity index (χ3v) is 3.20. The number of pyridine rings is 1. The van der Waals surface area contributed by atoms with Gasteiger partial charge in [-0.15, -0.1) is 0 Å². The number of hydrogen-bond acceptors (Lipinski definition) is 3. The molecule has 3 nitrogen and oxygen atoms in total. The summed E-state index contributed by atoms with van der Waals surface area (Å²) < 4.78 is 43.2. The van der Waals surface area contributed by atoms with Gasteiger partial charge >= 0.3 is 6.18 Å². The Bertz CT molecular complexity index is 525. The summed E-state index contributed by atoms with van der Waals surface area (Å²) in [6, 6.07) is 0.959. The topological polar surface area (TPSA) is 34.5 Å². The standard InChI is InChI=1S/C12H11F3N2O/c1-6-2-9-11(17-4-6)7-5-16-10(12(13,14)15)3-8(7)18-9/h3,5-6,9H,2,4H2,1H3/t6-,9+/m1/s1. The Labute approximate surface area is 102 Å². The summed E-state index contributed by atoms with van der Waals surface area (Å²) in [4.78, 5) is 7.82. The van der Waals surface area contributed by atoms with Crippen LogP contribution in [0.3, 0.4) is 0 Å². The maximum atomic E-state index is 12.5. The van der Waals surface area contributed by atoms with Crippen molar-refractivity contribution in [1.82, 2.24) is 4.98 Å². The smallest absolute Gasteiger partial charge is 0.433 e. The van der Waals surface area contributed by atoms with Crippen LogP contribution in [0.5, 0.6) is 5.75 Å².